The molecule has 0 atom stereocenters. The van der Waals surface area contributed by atoms with Crippen LogP contribution < -0.4 is 10.1 Å². The zero-order valence-corrected chi connectivity index (χ0v) is 20.2. The SMILES string of the molecule is COc1ccc(CNC(=O)c2cc3cc(S(=O)(=O)N(C)C)ccc3n2Cc2ccccc2)cc1. The van der Waals surface area contributed by atoms with E-state index in [9.17, 15) is 13.2 Å². The Morgan fingerprint density at radius 1 is 0.941 bits per heavy atom. The highest BCUT2D eigenvalue weighted by atomic mass is 32.2. The summed E-state index contributed by atoms with van der Waals surface area (Å²) in [7, 11) is 1.02. The van der Waals surface area contributed by atoms with Gasteiger partial charge in [0, 0.05) is 38.1 Å². The van der Waals surface area contributed by atoms with Crippen molar-refractivity contribution in [3.63, 3.8) is 0 Å². The number of hydrogen-bond donors (Lipinski definition) is 1. The van der Waals surface area contributed by atoms with Crippen LogP contribution in [0.2, 0.25) is 0 Å². The summed E-state index contributed by atoms with van der Waals surface area (Å²) >= 11 is 0. The number of carbonyl (C=O) groups is 1. The number of rotatable bonds is 8. The molecule has 7 nitrogen and oxygen atoms in total. The summed E-state index contributed by atoms with van der Waals surface area (Å²) in [5, 5.41) is 3.66. The largest absolute Gasteiger partial charge is 0.497 e. The molecule has 176 valence electrons. The van der Waals surface area contributed by atoms with Gasteiger partial charge in [0.25, 0.3) is 5.91 Å². The van der Waals surface area contributed by atoms with Crippen LogP contribution in [0.1, 0.15) is 21.6 Å². The predicted molar refractivity (Wildman–Crippen MR) is 133 cm³/mol. The summed E-state index contributed by atoms with van der Waals surface area (Å²) < 4.78 is 33.5. The van der Waals surface area contributed by atoms with Crippen molar-refractivity contribution in [2.24, 2.45) is 0 Å². The van der Waals surface area contributed by atoms with Gasteiger partial charge < -0.3 is 14.6 Å². The minimum Gasteiger partial charge on any atom is -0.497 e. The van der Waals surface area contributed by atoms with E-state index >= 15 is 0 Å². The van der Waals surface area contributed by atoms with Crippen molar-refractivity contribution >= 4 is 26.8 Å². The Balaban J connectivity index is 1.70. The lowest BCUT2D eigenvalue weighted by Gasteiger charge is -2.13. The van der Waals surface area contributed by atoms with E-state index in [-0.39, 0.29) is 10.8 Å². The molecule has 0 bridgehead atoms. The zero-order valence-electron chi connectivity index (χ0n) is 19.4. The van der Waals surface area contributed by atoms with E-state index < -0.39 is 10.0 Å². The first-order valence-corrected chi connectivity index (χ1v) is 12.2. The Labute approximate surface area is 199 Å². The minimum atomic E-state index is -3.59. The maximum absolute atomic E-state index is 13.2. The first kappa shape index (κ1) is 23.5. The fourth-order valence-electron chi connectivity index (χ4n) is 3.76. The summed E-state index contributed by atoms with van der Waals surface area (Å²) in [6.07, 6.45) is 0. The number of methoxy groups -OCH3 is 1. The van der Waals surface area contributed by atoms with Crippen LogP contribution in [0.5, 0.6) is 5.75 Å². The van der Waals surface area contributed by atoms with Crippen LogP contribution in [0.4, 0.5) is 0 Å². The number of hydrogen-bond acceptors (Lipinski definition) is 4. The summed E-state index contributed by atoms with van der Waals surface area (Å²) in [5.41, 5.74) is 3.23. The lowest BCUT2D eigenvalue weighted by molar-refractivity contribution is 0.0942. The van der Waals surface area contributed by atoms with Crippen LogP contribution >= 0.6 is 0 Å². The van der Waals surface area contributed by atoms with Crippen LogP contribution in [-0.2, 0) is 23.1 Å². The Kier molecular flexibility index (Phi) is 6.72. The predicted octanol–water partition coefficient (Wildman–Crippen LogP) is 3.88. The van der Waals surface area contributed by atoms with Gasteiger partial charge in [-0.3, -0.25) is 4.79 Å². The molecule has 1 aromatic heterocycles. The Morgan fingerprint density at radius 3 is 2.29 bits per heavy atom. The van der Waals surface area contributed by atoms with Crippen LogP contribution in [0.25, 0.3) is 10.9 Å². The molecular weight excluding hydrogens is 450 g/mol. The van der Waals surface area contributed by atoms with E-state index in [0.29, 0.717) is 24.2 Å². The van der Waals surface area contributed by atoms with Gasteiger partial charge in [0.2, 0.25) is 10.0 Å². The second-order valence-corrected chi connectivity index (χ2v) is 10.3. The number of benzene rings is 3. The number of amides is 1. The fourth-order valence-corrected chi connectivity index (χ4v) is 4.70. The number of aromatic nitrogens is 1. The third-order valence-corrected chi connectivity index (χ3v) is 7.49. The normalized spacial score (nSPS) is 11.6. The molecule has 0 aliphatic heterocycles. The molecule has 0 radical (unpaired) electrons. The molecule has 0 spiro atoms. The zero-order chi connectivity index (χ0) is 24.3. The Bertz CT molecular complexity index is 1410. The van der Waals surface area contributed by atoms with Gasteiger partial charge in [0.1, 0.15) is 11.4 Å². The number of carbonyl (C=O) groups excluding carboxylic acids is 1. The summed E-state index contributed by atoms with van der Waals surface area (Å²) in [5.74, 6) is 0.515. The van der Waals surface area contributed by atoms with Crippen molar-refractivity contribution < 1.29 is 17.9 Å². The van der Waals surface area contributed by atoms with Crippen molar-refractivity contribution in [2.45, 2.75) is 18.0 Å². The van der Waals surface area contributed by atoms with Gasteiger partial charge in [-0.25, -0.2) is 12.7 Å². The number of sulfonamides is 1. The topological polar surface area (TPSA) is 80.6 Å². The minimum absolute atomic E-state index is 0.187. The highest BCUT2D eigenvalue weighted by Crippen LogP contribution is 2.26. The van der Waals surface area contributed by atoms with Gasteiger partial charge in [-0.15, -0.1) is 0 Å². The van der Waals surface area contributed by atoms with E-state index in [2.05, 4.69) is 5.32 Å². The molecule has 1 heterocycles. The molecule has 1 N–H and O–H groups in total. The number of ether oxygens (including phenoxy) is 1. The van der Waals surface area contributed by atoms with Crippen LogP contribution in [0.15, 0.2) is 83.8 Å². The second kappa shape index (κ2) is 9.70. The lowest BCUT2D eigenvalue weighted by atomic mass is 10.2. The Morgan fingerprint density at radius 2 is 1.65 bits per heavy atom. The van der Waals surface area contributed by atoms with E-state index in [1.807, 2.05) is 59.2 Å². The van der Waals surface area contributed by atoms with Crippen LogP contribution in [0.3, 0.4) is 0 Å². The molecule has 0 aliphatic carbocycles. The molecule has 4 rings (SSSR count). The first-order chi connectivity index (χ1) is 16.3. The van der Waals surface area contributed by atoms with Crippen molar-refractivity contribution in [2.75, 3.05) is 21.2 Å². The van der Waals surface area contributed by atoms with Crippen molar-refractivity contribution in [1.29, 1.82) is 0 Å². The van der Waals surface area contributed by atoms with Gasteiger partial charge in [-0.1, -0.05) is 42.5 Å². The molecule has 0 fully saturated rings. The van der Waals surface area contributed by atoms with Gasteiger partial charge in [0.15, 0.2) is 0 Å². The number of fused-ring (bicyclic) bond motifs is 1. The molecular formula is C26H27N3O4S. The fraction of sp³-hybridized carbons (Fsp3) is 0.192. The van der Waals surface area contributed by atoms with E-state index in [4.69, 9.17) is 4.74 Å². The van der Waals surface area contributed by atoms with E-state index in [1.165, 1.54) is 18.4 Å². The molecule has 3 aromatic carbocycles. The van der Waals surface area contributed by atoms with Crippen molar-refractivity contribution in [3.05, 3.63) is 95.7 Å². The number of nitrogens with one attached hydrogen (secondary N) is 1. The third-order valence-electron chi connectivity index (χ3n) is 5.68. The highest BCUT2D eigenvalue weighted by Gasteiger charge is 2.21. The van der Waals surface area contributed by atoms with Crippen LogP contribution in [-0.4, -0.2) is 44.4 Å². The molecule has 0 saturated carbocycles. The second-order valence-electron chi connectivity index (χ2n) is 8.14. The van der Waals surface area contributed by atoms with Gasteiger partial charge in [-0.05, 0) is 47.5 Å². The average molecular weight is 478 g/mol. The summed E-state index contributed by atoms with van der Waals surface area (Å²) in [6.45, 7) is 0.839. The maximum Gasteiger partial charge on any atom is 0.268 e. The van der Waals surface area contributed by atoms with Gasteiger partial charge >= 0.3 is 0 Å². The molecule has 0 aliphatic rings. The molecule has 8 heteroatoms. The van der Waals surface area contributed by atoms with Gasteiger partial charge in [0.05, 0.1) is 12.0 Å². The monoisotopic (exact) mass is 477 g/mol. The molecule has 4 aromatic rings. The van der Waals surface area contributed by atoms with E-state index in [1.54, 1.807) is 31.4 Å². The molecule has 1 amide bonds. The number of nitrogens with zero attached hydrogens (tertiary/aromatic N) is 2. The third kappa shape index (κ3) is 4.83. The molecule has 34 heavy (non-hydrogen) atoms. The maximum atomic E-state index is 13.2. The van der Waals surface area contributed by atoms with Crippen LogP contribution in [0, 0.1) is 0 Å². The quantitative estimate of drug-likeness (QED) is 0.418. The molecule has 0 unspecified atom stereocenters. The summed E-state index contributed by atoms with van der Waals surface area (Å²) in [6, 6.07) is 24.0. The highest BCUT2D eigenvalue weighted by molar-refractivity contribution is 7.89. The molecule has 0 saturated heterocycles. The first-order valence-electron chi connectivity index (χ1n) is 10.8. The lowest BCUT2D eigenvalue weighted by Crippen LogP contribution is -2.25. The van der Waals surface area contributed by atoms with E-state index in [0.717, 1.165) is 22.4 Å². The smallest absolute Gasteiger partial charge is 0.268 e. The van der Waals surface area contributed by atoms with Gasteiger partial charge in [-0.2, -0.15) is 0 Å². The van der Waals surface area contributed by atoms with Crippen molar-refractivity contribution in [3.8, 4) is 5.75 Å². The standard InChI is InChI=1S/C26H27N3O4S/c1-28(2)34(31,32)23-13-14-24-21(15-23)16-25(29(24)18-20-7-5-4-6-8-20)26(30)27-17-19-9-11-22(33-3)12-10-19/h4-16H,17-18H2,1-3H3,(H,27,30). The average Bonchev–Trinajstić information content (AvgIpc) is 3.21. The summed E-state index contributed by atoms with van der Waals surface area (Å²) in [4.78, 5) is 13.4. The van der Waals surface area contributed by atoms with Crippen molar-refractivity contribution in [1.82, 2.24) is 14.2 Å². The Hall–Kier alpha value is -3.62.